The van der Waals surface area contributed by atoms with Gasteiger partial charge in [0.05, 0.1) is 17.7 Å². The van der Waals surface area contributed by atoms with E-state index in [1.165, 1.54) is 12.1 Å². The number of nitro groups is 1. The third-order valence-corrected chi connectivity index (χ3v) is 3.06. The van der Waals surface area contributed by atoms with Gasteiger partial charge in [-0.15, -0.1) is 0 Å². The van der Waals surface area contributed by atoms with Crippen LogP contribution in [0.25, 0.3) is 0 Å². The molecule has 0 saturated heterocycles. The number of hydrogen-bond donors (Lipinski definition) is 0. The molecular weight excluding hydrogens is 263 g/mol. The van der Waals surface area contributed by atoms with E-state index in [4.69, 9.17) is 4.42 Å². The molecule has 0 atom stereocenters. The summed E-state index contributed by atoms with van der Waals surface area (Å²) >= 11 is 0. The van der Waals surface area contributed by atoms with Crippen LogP contribution in [0.4, 0.5) is 10.1 Å². The molecule has 0 unspecified atom stereocenters. The molecule has 0 aliphatic rings. The maximum Gasteiger partial charge on any atom is 0.305 e. The van der Waals surface area contributed by atoms with Crippen molar-refractivity contribution in [2.45, 2.75) is 20.0 Å². The maximum atomic E-state index is 14.0. The molecule has 0 N–H and O–H groups in total. The number of furan rings is 1. The largest absolute Gasteiger partial charge is 0.468 e. The van der Waals surface area contributed by atoms with Crippen molar-refractivity contribution in [3.8, 4) is 0 Å². The van der Waals surface area contributed by atoms with Gasteiger partial charge in [0.25, 0.3) is 0 Å². The van der Waals surface area contributed by atoms with Gasteiger partial charge in [-0.1, -0.05) is 19.1 Å². The van der Waals surface area contributed by atoms with Crippen LogP contribution in [0, 0.1) is 15.9 Å². The zero-order chi connectivity index (χ0) is 14.5. The van der Waals surface area contributed by atoms with E-state index in [1.807, 2.05) is 17.9 Å². The van der Waals surface area contributed by atoms with Gasteiger partial charge in [-0.25, -0.2) is 0 Å². The predicted molar refractivity (Wildman–Crippen MR) is 71.6 cm³/mol. The minimum atomic E-state index is -0.768. The lowest BCUT2D eigenvalue weighted by Gasteiger charge is -2.19. The smallest absolute Gasteiger partial charge is 0.305 e. The Morgan fingerprint density at radius 3 is 2.70 bits per heavy atom. The summed E-state index contributed by atoms with van der Waals surface area (Å²) in [5.74, 6) is 0.00749. The van der Waals surface area contributed by atoms with Gasteiger partial charge in [-0.05, 0) is 18.7 Å². The van der Waals surface area contributed by atoms with Gasteiger partial charge in [0.2, 0.25) is 5.82 Å². The van der Waals surface area contributed by atoms with Crippen LogP contribution in [-0.2, 0) is 13.1 Å². The number of halogens is 1. The fourth-order valence-electron chi connectivity index (χ4n) is 1.97. The SMILES string of the molecule is CCN(Cc1ccco1)Cc1cccc([N+](=O)[O-])c1F. The molecule has 0 aliphatic heterocycles. The fourth-order valence-corrected chi connectivity index (χ4v) is 1.97. The van der Waals surface area contributed by atoms with Crippen molar-refractivity contribution in [2.75, 3.05) is 6.54 Å². The molecule has 1 aromatic carbocycles. The van der Waals surface area contributed by atoms with Crippen LogP contribution in [0.5, 0.6) is 0 Å². The molecule has 0 spiro atoms. The lowest BCUT2D eigenvalue weighted by atomic mass is 10.1. The molecule has 5 nitrogen and oxygen atoms in total. The highest BCUT2D eigenvalue weighted by molar-refractivity contribution is 5.36. The Kier molecular flexibility index (Phi) is 4.47. The molecule has 0 saturated carbocycles. The molecule has 1 heterocycles. The summed E-state index contributed by atoms with van der Waals surface area (Å²) in [4.78, 5) is 12.0. The second-order valence-corrected chi connectivity index (χ2v) is 4.39. The van der Waals surface area contributed by atoms with Crippen molar-refractivity contribution in [3.63, 3.8) is 0 Å². The molecule has 0 amide bonds. The van der Waals surface area contributed by atoms with E-state index in [-0.39, 0.29) is 0 Å². The van der Waals surface area contributed by atoms with Crippen molar-refractivity contribution in [3.05, 3.63) is 63.9 Å². The number of nitro benzene ring substituents is 1. The summed E-state index contributed by atoms with van der Waals surface area (Å²) in [6.07, 6.45) is 1.58. The minimum absolute atomic E-state index is 0.296. The lowest BCUT2D eigenvalue weighted by molar-refractivity contribution is -0.387. The third-order valence-electron chi connectivity index (χ3n) is 3.06. The fraction of sp³-hybridized carbons (Fsp3) is 0.286. The predicted octanol–water partition coefficient (Wildman–Crippen LogP) is 3.35. The molecule has 1 aromatic heterocycles. The topological polar surface area (TPSA) is 59.5 Å². The van der Waals surface area contributed by atoms with E-state index in [1.54, 1.807) is 18.4 Å². The quantitative estimate of drug-likeness (QED) is 0.600. The molecule has 2 rings (SSSR count). The first-order chi connectivity index (χ1) is 9.61. The van der Waals surface area contributed by atoms with Crippen LogP contribution in [0.2, 0.25) is 0 Å². The molecule has 0 fully saturated rings. The Labute approximate surface area is 115 Å². The van der Waals surface area contributed by atoms with E-state index < -0.39 is 16.4 Å². The van der Waals surface area contributed by atoms with E-state index in [0.717, 1.165) is 5.76 Å². The Morgan fingerprint density at radius 2 is 2.10 bits per heavy atom. The Hall–Kier alpha value is -2.21. The first-order valence-corrected chi connectivity index (χ1v) is 6.28. The number of nitrogens with zero attached hydrogens (tertiary/aromatic N) is 2. The van der Waals surface area contributed by atoms with Crippen LogP contribution in [0.15, 0.2) is 41.0 Å². The van der Waals surface area contributed by atoms with E-state index in [0.29, 0.717) is 25.2 Å². The maximum absolute atomic E-state index is 14.0. The Balaban J connectivity index is 2.15. The normalized spacial score (nSPS) is 10.9. The van der Waals surface area contributed by atoms with Crippen LogP contribution >= 0.6 is 0 Å². The van der Waals surface area contributed by atoms with Crippen molar-refractivity contribution in [2.24, 2.45) is 0 Å². The Bertz CT molecular complexity index is 584. The molecule has 20 heavy (non-hydrogen) atoms. The van der Waals surface area contributed by atoms with Gasteiger partial charge in [-0.3, -0.25) is 15.0 Å². The standard InChI is InChI=1S/C14H15FN2O3/c1-2-16(10-12-6-4-8-20-12)9-11-5-3-7-13(14(11)15)17(18)19/h3-8H,2,9-10H2,1H3. The molecule has 106 valence electrons. The highest BCUT2D eigenvalue weighted by Gasteiger charge is 2.18. The monoisotopic (exact) mass is 278 g/mol. The average Bonchev–Trinajstić information content (AvgIpc) is 2.92. The van der Waals surface area contributed by atoms with Gasteiger partial charge in [0, 0.05) is 18.2 Å². The Morgan fingerprint density at radius 1 is 1.30 bits per heavy atom. The van der Waals surface area contributed by atoms with Gasteiger partial charge in [0.1, 0.15) is 5.76 Å². The summed E-state index contributed by atoms with van der Waals surface area (Å²) in [5, 5.41) is 10.7. The molecule has 2 aromatic rings. The number of rotatable bonds is 6. The van der Waals surface area contributed by atoms with Crippen LogP contribution in [0.3, 0.4) is 0 Å². The second kappa shape index (κ2) is 6.29. The summed E-state index contributed by atoms with van der Waals surface area (Å²) in [7, 11) is 0. The van der Waals surface area contributed by atoms with E-state index >= 15 is 0 Å². The van der Waals surface area contributed by atoms with Gasteiger partial charge in [-0.2, -0.15) is 4.39 Å². The van der Waals surface area contributed by atoms with Crippen molar-refractivity contribution in [1.82, 2.24) is 4.90 Å². The number of hydrogen-bond acceptors (Lipinski definition) is 4. The summed E-state index contributed by atoms with van der Waals surface area (Å²) in [6, 6.07) is 7.86. The highest BCUT2D eigenvalue weighted by Crippen LogP contribution is 2.22. The highest BCUT2D eigenvalue weighted by atomic mass is 19.1. The first kappa shape index (κ1) is 14.2. The van der Waals surface area contributed by atoms with Gasteiger partial charge in [0.15, 0.2) is 0 Å². The molecule has 0 radical (unpaired) electrons. The van der Waals surface area contributed by atoms with E-state index in [9.17, 15) is 14.5 Å². The lowest BCUT2D eigenvalue weighted by Crippen LogP contribution is -2.22. The molecule has 0 aliphatic carbocycles. The third kappa shape index (κ3) is 3.21. The van der Waals surface area contributed by atoms with Crippen molar-refractivity contribution in [1.29, 1.82) is 0 Å². The summed E-state index contributed by atoms with van der Waals surface area (Å²) < 4.78 is 19.3. The van der Waals surface area contributed by atoms with Gasteiger partial charge < -0.3 is 4.42 Å². The van der Waals surface area contributed by atoms with E-state index in [2.05, 4.69) is 0 Å². The second-order valence-electron chi connectivity index (χ2n) is 4.39. The van der Waals surface area contributed by atoms with Crippen LogP contribution < -0.4 is 0 Å². The first-order valence-electron chi connectivity index (χ1n) is 6.28. The average molecular weight is 278 g/mol. The number of benzene rings is 1. The molecular formula is C14H15FN2O3. The van der Waals surface area contributed by atoms with Crippen molar-refractivity contribution < 1.29 is 13.7 Å². The van der Waals surface area contributed by atoms with Crippen molar-refractivity contribution >= 4 is 5.69 Å². The van der Waals surface area contributed by atoms with Gasteiger partial charge >= 0.3 is 5.69 Å². The molecule has 0 bridgehead atoms. The minimum Gasteiger partial charge on any atom is -0.468 e. The van der Waals surface area contributed by atoms with Crippen LogP contribution in [0.1, 0.15) is 18.2 Å². The molecule has 6 heteroatoms. The summed E-state index contributed by atoms with van der Waals surface area (Å²) in [5.41, 5.74) is -0.177. The zero-order valence-electron chi connectivity index (χ0n) is 11.1. The summed E-state index contributed by atoms with van der Waals surface area (Å²) in [6.45, 7) is 3.46. The zero-order valence-corrected chi connectivity index (χ0v) is 11.1. The van der Waals surface area contributed by atoms with Crippen LogP contribution in [-0.4, -0.2) is 16.4 Å².